The third kappa shape index (κ3) is 6.27. The van der Waals surface area contributed by atoms with E-state index in [-0.39, 0.29) is 36.0 Å². The van der Waals surface area contributed by atoms with Crippen molar-refractivity contribution in [2.24, 2.45) is 11.7 Å². The standard InChI is InChI=1S/C24H32N6O3/c25-23(32)17-5-7-19(8-6-17)29-22-11-21(27-15-28-22)24(33)26-12-20(31)14-30-10-9-16-3-1-2-4-18(16)13-30/h1-4,11,15,17,19-20,31H,5-10,12-14H2,(H2,25,32)(H,26,33)(H,27,28,29). The smallest absolute Gasteiger partial charge is 0.270 e. The van der Waals surface area contributed by atoms with Gasteiger partial charge in [-0.3, -0.25) is 14.5 Å². The summed E-state index contributed by atoms with van der Waals surface area (Å²) in [7, 11) is 0. The van der Waals surface area contributed by atoms with Gasteiger partial charge in [0.05, 0.1) is 6.10 Å². The highest BCUT2D eigenvalue weighted by atomic mass is 16.3. The van der Waals surface area contributed by atoms with Crippen molar-refractivity contribution in [2.45, 2.75) is 50.8 Å². The second kappa shape index (κ2) is 10.7. The molecule has 0 bridgehead atoms. The first-order valence-corrected chi connectivity index (χ1v) is 11.6. The van der Waals surface area contributed by atoms with Crippen molar-refractivity contribution in [3.05, 3.63) is 53.5 Å². The van der Waals surface area contributed by atoms with Crippen LogP contribution in [0.2, 0.25) is 0 Å². The number of β-amino-alcohol motifs (C(OH)–C–C–N with tert-alkyl or cyclic N) is 1. The van der Waals surface area contributed by atoms with E-state index in [0.29, 0.717) is 12.4 Å². The number of hydrogen-bond acceptors (Lipinski definition) is 7. The summed E-state index contributed by atoms with van der Waals surface area (Å²) < 4.78 is 0. The van der Waals surface area contributed by atoms with Gasteiger partial charge < -0.3 is 21.5 Å². The number of amides is 2. The largest absolute Gasteiger partial charge is 0.390 e. The zero-order valence-corrected chi connectivity index (χ0v) is 18.7. The summed E-state index contributed by atoms with van der Waals surface area (Å²) in [6.45, 7) is 2.35. The summed E-state index contributed by atoms with van der Waals surface area (Å²) in [6.07, 6.45) is 4.82. The van der Waals surface area contributed by atoms with Gasteiger partial charge in [-0.05, 0) is 43.2 Å². The van der Waals surface area contributed by atoms with Gasteiger partial charge in [0.1, 0.15) is 17.8 Å². The number of aliphatic hydroxyl groups is 1. The minimum atomic E-state index is -0.668. The third-order valence-electron chi connectivity index (χ3n) is 6.56. The summed E-state index contributed by atoms with van der Waals surface area (Å²) in [5.41, 5.74) is 8.30. The molecule has 4 rings (SSSR count). The first kappa shape index (κ1) is 23.1. The van der Waals surface area contributed by atoms with E-state index in [1.54, 1.807) is 6.07 Å². The molecular weight excluding hydrogens is 420 g/mol. The lowest BCUT2D eigenvalue weighted by molar-refractivity contribution is -0.122. The Labute approximate surface area is 193 Å². The Kier molecular flexibility index (Phi) is 7.51. The predicted molar refractivity (Wildman–Crippen MR) is 124 cm³/mol. The average Bonchev–Trinajstić information content (AvgIpc) is 2.83. The number of nitrogens with zero attached hydrogens (tertiary/aromatic N) is 3. The highest BCUT2D eigenvalue weighted by Crippen LogP contribution is 2.26. The topological polar surface area (TPSA) is 133 Å². The fourth-order valence-electron chi connectivity index (χ4n) is 4.67. The van der Waals surface area contributed by atoms with Gasteiger partial charge in [0.2, 0.25) is 5.91 Å². The Morgan fingerprint density at radius 1 is 1.15 bits per heavy atom. The number of carbonyl (C=O) groups is 2. The van der Waals surface area contributed by atoms with E-state index in [1.165, 1.54) is 17.5 Å². The van der Waals surface area contributed by atoms with Crippen molar-refractivity contribution in [3.63, 3.8) is 0 Å². The lowest BCUT2D eigenvalue weighted by Crippen LogP contribution is -2.42. The quantitative estimate of drug-likeness (QED) is 0.471. The minimum absolute atomic E-state index is 0.0547. The van der Waals surface area contributed by atoms with Crippen LogP contribution in [0.5, 0.6) is 0 Å². The van der Waals surface area contributed by atoms with Crippen LogP contribution in [-0.4, -0.2) is 63.6 Å². The molecular formula is C24H32N6O3. The Hall–Kier alpha value is -3.04. The number of nitrogens with two attached hydrogens (primary N) is 1. The summed E-state index contributed by atoms with van der Waals surface area (Å²) >= 11 is 0. The van der Waals surface area contributed by atoms with Crippen LogP contribution < -0.4 is 16.4 Å². The molecule has 1 atom stereocenters. The molecule has 0 radical (unpaired) electrons. The molecule has 1 saturated carbocycles. The molecule has 9 nitrogen and oxygen atoms in total. The van der Waals surface area contributed by atoms with Gasteiger partial charge in [-0.1, -0.05) is 24.3 Å². The van der Waals surface area contributed by atoms with Crippen LogP contribution >= 0.6 is 0 Å². The van der Waals surface area contributed by atoms with E-state index >= 15 is 0 Å². The van der Waals surface area contributed by atoms with Gasteiger partial charge in [0.25, 0.3) is 5.91 Å². The predicted octanol–water partition coefficient (Wildman–Crippen LogP) is 1.08. The van der Waals surface area contributed by atoms with Crippen LogP contribution in [0.4, 0.5) is 5.82 Å². The maximum Gasteiger partial charge on any atom is 0.270 e. The van der Waals surface area contributed by atoms with Gasteiger partial charge in [-0.15, -0.1) is 0 Å². The SMILES string of the molecule is NC(=O)C1CCC(Nc2cc(C(=O)NCC(O)CN3CCc4ccccc4C3)ncn2)CC1. The molecule has 2 aromatic rings. The fourth-order valence-corrected chi connectivity index (χ4v) is 4.67. The van der Waals surface area contributed by atoms with Crippen molar-refractivity contribution >= 4 is 17.6 Å². The lowest BCUT2D eigenvalue weighted by Gasteiger charge is -2.30. The van der Waals surface area contributed by atoms with Crippen molar-refractivity contribution in [1.29, 1.82) is 0 Å². The van der Waals surface area contributed by atoms with E-state index in [0.717, 1.165) is 45.2 Å². The van der Waals surface area contributed by atoms with Crippen LogP contribution in [0.25, 0.3) is 0 Å². The zero-order valence-electron chi connectivity index (χ0n) is 18.7. The van der Waals surface area contributed by atoms with Gasteiger partial charge in [0, 0.05) is 44.2 Å². The van der Waals surface area contributed by atoms with Gasteiger partial charge in [-0.25, -0.2) is 9.97 Å². The van der Waals surface area contributed by atoms with Crippen molar-refractivity contribution < 1.29 is 14.7 Å². The highest BCUT2D eigenvalue weighted by molar-refractivity contribution is 5.92. The number of nitrogens with one attached hydrogen (secondary N) is 2. The van der Waals surface area contributed by atoms with Gasteiger partial charge >= 0.3 is 0 Å². The summed E-state index contributed by atoms with van der Waals surface area (Å²) in [5.74, 6) is -0.0613. The maximum atomic E-state index is 12.6. The molecule has 9 heteroatoms. The molecule has 2 amide bonds. The Morgan fingerprint density at radius 3 is 2.67 bits per heavy atom. The molecule has 0 spiro atoms. The fraction of sp³-hybridized carbons (Fsp3) is 0.500. The molecule has 33 heavy (non-hydrogen) atoms. The number of benzene rings is 1. The van der Waals surface area contributed by atoms with E-state index in [9.17, 15) is 14.7 Å². The highest BCUT2D eigenvalue weighted by Gasteiger charge is 2.25. The number of aromatic nitrogens is 2. The Bertz CT molecular complexity index is 976. The number of fused-ring (bicyclic) bond motifs is 1. The normalized spacial score (nSPS) is 21.6. The van der Waals surface area contributed by atoms with E-state index in [2.05, 4.69) is 43.7 Å². The number of aliphatic hydroxyl groups excluding tert-OH is 1. The Balaban J connectivity index is 1.23. The molecule has 1 aromatic heterocycles. The van der Waals surface area contributed by atoms with E-state index in [1.807, 2.05) is 6.07 Å². The molecule has 1 aliphatic carbocycles. The Morgan fingerprint density at radius 2 is 1.91 bits per heavy atom. The summed E-state index contributed by atoms with van der Waals surface area (Å²) in [4.78, 5) is 34.4. The molecule has 1 aliphatic heterocycles. The second-order valence-electron chi connectivity index (χ2n) is 9.00. The third-order valence-corrected chi connectivity index (χ3v) is 6.56. The van der Waals surface area contributed by atoms with Crippen LogP contribution in [0.15, 0.2) is 36.7 Å². The molecule has 1 aromatic carbocycles. The second-order valence-corrected chi connectivity index (χ2v) is 9.00. The molecule has 2 aliphatic rings. The molecule has 1 unspecified atom stereocenters. The van der Waals surface area contributed by atoms with E-state index in [4.69, 9.17) is 5.73 Å². The number of anilines is 1. The van der Waals surface area contributed by atoms with Crippen LogP contribution in [0, 0.1) is 5.92 Å². The lowest BCUT2D eigenvalue weighted by atomic mass is 9.85. The van der Waals surface area contributed by atoms with Gasteiger partial charge in [0.15, 0.2) is 0 Å². The molecule has 176 valence electrons. The number of carbonyl (C=O) groups excluding carboxylic acids is 2. The average molecular weight is 453 g/mol. The molecule has 5 N–H and O–H groups in total. The summed E-state index contributed by atoms with van der Waals surface area (Å²) in [5, 5.41) is 16.5. The van der Waals surface area contributed by atoms with Crippen molar-refractivity contribution in [3.8, 4) is 0 Å². The van der Waals surface area contributed by atoms with Crippen molar-refractivity contribution in [2.75, 3.05) is 25.0 Å². The van der Waals surface area contributed by atoms with Crippen LogP contribution in [0.1, 0.15) is 47.3 Å². The minimum Gasteiger partial charge on any atom is -0.390 e. The monoisotopic (exact) mass is 452 g/mol. The first-order chi connectivity index (χ1) is 16.0. The first-order valence-electron chi connectivity index (χ1n) is 11.6. The summed E-state index contributed by atoms with van der Waals surface area (Å²) in [6, 6.07) is 10.2. The van der Waals surface area contributed by atoms with Crippen molar-refractivity contribution in [1.82, 2.24) is 20.2 Å². The maximum absolute atomic E-state index is 12.6. The zero-order chi connectivity index (χ0) is 23.2. The number of primary amides is 1. The van der Waals surface area contributed by atoms with Crippen LogP contribution in [0.3, 0.4) is 0 Å². The van der Waals surface area contributed by atoms with Gasteiger partial charge in [-0.2, -0.15) is 0 Å². The molecule has 0 saturated heterocycles. The molecule has 2 heterocycles. The van der Waals surface area contributed by atoms with E-state index < -0.39 is 6.10 Å². The number of rotatable bonds is 8. The number of hydrogen-bond donors (Lipinski definition) is 4. The molecule has 1 fully saturated rings. The van der Waals surface area contributed by atoms with Crippen LogP contribution in [-0.2, 0) is 17.8 Å².